The van der Waals surface area contributed by atoms with Gasteiger partial charge in [0.05, 0.1) is 21.8 Å². The topological polar surface area (TPSA) is 0 Å². The zero-order chi connectivity index (χ0) is 46.1. The third-order valence-electron chi connectivity index (χ3n) is 7.99. The molecule has 0 atom stereocenters. The van der Waals surface area contributed by atoms with Gasteiger partial charge >= 0.3 is 63.5 Å². The summed E-state index contributed by atoms with van der Waals surface area (Å²) >= 11 is -5.58. The SMILES string of the molecule is FP(F)(F)(F)F.[F-].[F-].[F][Sb]([F])([F])([F])[F].c1ccc(Sc2ccc([S+](c3ccccc3)c3ccccc3)cc2)cc1.c1ccc(Sc2ccc([S+](c3ccccc3)c3ccccc3)cc2)cc1. The van der Waals surface area contributed by atoms with E-state index in [1.165, 1.54) is 49.0 Å². The second-order valence-corrected chi connectivity index (χ2v) is 24.2. The first-order chi connectivity index (χ1) is 30.3. The van der Waals surface area contributed by atoms with E-state index < -0.39 is 28.5 Å². The van der Waals surface area contributed by atoms with Gasteiger partial charge in [0.1, 0.15) is 0 Å². The van der Waals surface area contributed by atoms with Crippen LogP contribution < -0.4 is 9.41 Å². The average Bonchev–Trinajstić information content (AvgIpc) is 3.26. The van der Waals surface area contributed by atoms with E-state index in [-0.39, 0.29) is 31.2 Å². The Morgan fingerprint density at radius 1 is 0.273 bits per heavy atom. The van der Waals surface area contributed by atoms with Gasteiger partial charge in [0.25, 0.3) is 0 Å². The van der Waals surface area contributed by atoms with E-state index in [1.807, 2.05) is 0 Å². The third-order valence-corrected chi connectivity index (χ3v) is 14.5. The van der Waals surface area contributed by atoms with Gasteiger partial charge in [-0.3, -0.25) is 0 Å². The third kappa shape index (κ3) is 22.4. The molecule has 0 nitrogen and oxygen atoms in total. The van der Waals surface area contributed by atoms with E-state index in [2.05, 4.69) is 231 Å². The van der Waals surface area contributed by atoms with Gasteiger partial charge in [-0.25, -0.2) is 0 Å². The van der Waals surface area contributed by atoms with Crippen molar-refractivity contribution >= 4 is 73.8 Å². The molecule has 0 N–H and O–H groups in total. The summed E-state index contributed by atoms with van der Waals surface area (Å²) in [5.74, 6) is 0. The Balaban J connectivity index is 0.000000275. The summed E-state index contributed by atoms with van der Waals surface area (Å²) in [6.45, 7) is 0. The quantitative estimate of drug-likeness (QED) is 0.0579. The van der Waals surface area contributed by atoms with Gasteiger partial charge in [-0.05, 0) is 121 Å². The van der Waals surface area contributed by atoms with Gasteiger partial charge in [-0.2, -0.15) is 0 Å². The Morgan fingerprint density at radius 2 is 0.424 bits per heavy atom. The summed E-state index contributed by atoms with van der Waals surface area (Å²) in [6, 6.07) is 82.2. The van der Waals surface area contributed by atoms with Crippen molar-refractivity contribution in [2.24, 2.45) is 0 Å². The van der Waals surface area contributed by atoms with Gasteiger partial charge in [-0.1, -0.05) is 133 Å². The zero-order valence-electron chi connectivity index (χ0n) is 34.0. The molecule has 348 valence electrons. The number of rotatable bonds is 10. The fourth-order valence-electron chi connectivity index (χ4n) is 5.58. The molecule has 0 unspecified atom stereocenters. The van der Waals surface area contributed by atoms with E-state index in [4.69, 9.17) is 0 Å². The van der Waals surface area contributed by atoms with E-state index in [9.17, 15) is 35.0 Å². The van der Waals surface area contributed by atoms with Crippen molar-refractivity contribution in [3.8, 4) is 0 Å². The van der Waals surface area contributed by atoms with E-state index in [0.717, 1.165) is 0 Å². The summed E-state index contributed by atoms with van der Waals surface area (Å²) in [5, 5.41) is 0. The van der Waals surface area contributed by atoms with Crippen molar-refractivity contribution in [2.75, 3.05) is 0 Å². The second-order valence-electron chi connectivity index (χ2n) is 12.9. The minimum atomic E-state index is -9.19. The maximum atomic E-state index is 9.91. The normalized spacial score (nSPS) is 12.0. The van der Waals surface area contributed by atoms with Crippen LogP contribution in [0.15, 0.2) is 279 Å². The van der Waals surface area contributed by atoms with Crippen LogP contribution in [0.25, 0.3) is 0 Å². The Labute approximate surface area is 394 Å². The van der Waals surface area contributed by atoms with Crippen molar-refractivity contribution in [3.05, 3.63) is 231 Å². The smallest absolute Gasteiger partial charge is 0.0901 e. The van der Waals surface area contributed by atoms with Crippen LogP contribution in [0.5, 0.6) is 0 Å². The number of halogens is 12. The predicted octanol–water partition coefficient (Wildman–Crippen LogP) is 12.6. The van der Waals surface area contributed by atoms with Crippen LogP contribution in [-0.2, 0) is 21.8 Å². The molecule has 8 rings (SSSR count). The van der Waals surface area contributed by atoms with E-state index in [0.29, 0.717) is 0 Å². The van der Waals surface area contributed by atoms with Crippen LogP contribution in [-0.4, -0.2) is 20.3 Å². The van der Waals surface area contributed by atoms with Crippen molar-refractivity contribution in [1.82, 2.24) is 0 Å². The molecular formula is C48H38F12PS4Sb. The molecule has 66 heavy (non-hydrogen) atoms. The minimum absolute atomic E-state index is 0. The van der Waals surface area contributed by atoms with Crippen LogP contribution in [0.3, 0.4) is 0 Å². The molecule has 18 heteroatoms. The molecule has 0 amide bonds. The van der Waals surface area contributed by atoms with Crippen LogP contribution in [0.2, 0.25) is 0 Å². The minimum Gasteiger partial charge on any atom is -0.0901 e. The Bertz CT molecular complexity index is 2280. The molecule has 0 spiro atoms. The molecule has 0 saturated carbocycles. The maximum Gasteiger partial charge on any atom is 0.166 e. The largest absolute Gasteiger partial charge is 0.166 e. The standard InChI is InChI=1S/2C24H19S2.F5P.7FH.Sb/c2*1-4-10-20(11-5-1)25-21-16-18-24(19-17-21)26(22-12-6-2-7-13-22)23-14-8-3-9-15-23;1-6(2,3,4)5;;;;;;;;/h2*1-19H;;7*1H;/q2*+1;;;;;;;;;+5/p-7. The van der Waals surface area contributed by atoms with Crippen LogP contribution in [0, 0.1) is 0 Å². The Morgan fingerprint density at radius 3 is 0.621 bits per heavy atom. The monoisotopic (exact) mass is 1120 g/mol. The van der Waals surface area contributed by atoms with E-state index in [1.54, 1.807) is 23.5 Å². The molecule has 0 aliphatic heterocycles. The van der Waals surface area contributed by atoms with Crippen molar-refractivity contribution < 1.29 is 44.5 Å². The first kappa shape index (κ1) is 55.9. The Hall–Kier alpha value is -4.43. The maximum absolute atomic E-state index is 9.91. The molecule has 8 aromatic rings. The van der Waals surface area contributed by atoms with Crippen LogP contribution >= 0.6 is 31.7 Å². The molecule has 0 aliphatic rings. The average molecular weight is 1120 g/mol. The van der Waals surface area contributed by atoms with Gasteiger partial charge in [0.2, 0.25) is 0 Å². The van der Waals surface area contributed by atoms with Gasteiger partial charge in [0, 0.05) is 19.6 Å². The van der Waals surface area contributed by atoms with Gasteiger partial charge < -0.3 is 9.41 Å². The molecule has 0 fully saturated rings. The number of hydrogen-bond acceptors (Lipinski definition) is 2. The molecule has 0 radical (unpaired) electrons. The first-order valence-corrected chi connectivity index (χ1v) is 29.4. The Kier molecular flexibility index (Phi) is 21.7. The van der Waals surface area contributed by atoms with Gasteiger partial charge in [-0.15, -0.1) is 0 Å². The molecule has 0 bridgehead atoms. The predicted molar refractivity (Wildman–Crippen MR) is 248 cm³/mol. The summed E-state index contributed by atoms with van der Waals surface area (Å²) in [6.07, 6.45) is 0. The molecular weight excluding hydrogens is 1090 g/mol. The molecule has 0 heterocycles. The molecule has 0 aliphatic carbocycles. The zero-order valence-corrected chi connectivity index (χ0v) is 40.7. The molecule has 0 aromatic heterocycles. The summed E-state index contributed by atoms with van der Waals surface area (Å²) in [5.41, 5.74) is 0. The van der Waals surface area contributed by atoms with Crippen molar-refractivity contribution in [2.45, 2.75) is 49.0 Å². The second kappa shape index (κ2) is 25.6. The summed E-state index contributed by atoms with van der Waals surface area (Å²) in [7, 11) is -8.71. The molecule has 8 aromatic carbocycles. The van der Waals surface area contributed by atoms with Crippen LogP contribution in [0.4, 0.5) is 35.0 Å². The summed E-state index contributed by atoms with van der Waals surface area (Å²) in [4.78, 5) is 13.2. The first-order valence-electron chi connectivity index (χ1n) is 18.8. The fraction of sp³-hybridized carbons (Fsp3) is 0. The number of hydrogen-bond donors (Lipinski definition) is 0. The van der Waals surface area contributed by atoms with Crippen LogP contribution in [0.1, 0.15) is 0 Å². The van der Waals surface area contributed by atoms with Crippen molar-refractivity contribution in [1.29, 1.82) is 0 Å². The van der Waals surface area contributed by atoms with Crippen molar-refractivity contribution in [3.63, 3.8) is 0 Å². The van der Waals surface area contributed by atoms with Gasteiger partial charge in [0.15, 0.2) is 29.4 Å². The summed E-state index contributed by atoms with van der Waals surface area (Å²) < 4.78 is 98.7. The fourth-order valence-corrected chi connectivity index (χ4v) is 11.4. The molecule has 0 saturated heterocycles. The number of benzene rings is 8. The van der Waals surface area contributed by atoms with E-state index >= 15 is 0 Å².